The number of aliphatic carboxylic acids is 1. The zero-order valence-corrected chi connectivity index (χ0v) is 16.9. The van der Waals surface area contributed by atoms with E-state index in [4.69, 9.17) is 4.52 Å². The van der Waals surface area contributed by atoms with E-state index in [2.05, 4.69) is 30.9 Å². The first-order valence-corrected chi connectivity index (χ1v) is 10.3. The molecule has 1 unspecified atom stereocenters. The van der Waals surface area contributed by atoms with Crippen molar-refractivity contribution in [3.05, 3.63) is 66.7 Å². The summed E-state index contributed by atoms with van der Waals surface area (Å²) in [6.45, 7) is 0.837. The van der Waals surface area contributed by atoms with E-state index in [-0.39, 0.29) is 12.3 Å². The number of hydrogen-bond acceptors (Lipinski definition) is 6. The molecular formula is C23H18N6O3. The van der Waals surface area contributed by atoms with Gasteiger partial charge in [-0.15, -0.1) is 0 Å². The van der Waals surface area contributed by atoms with Crippen LogP contribution in [0.1, 0.15) is 24.5 Å². The molecule has 1 aliphatic heterocycles. The fourth-order valence-electron chi connectivity index (χ4n) is 4.38. The second-order valence-corrected chi connectivity index (χ2v) is 7.86. The number of aryl methyl sites for hydroxylation is 1. The Kier molecular flexibility index (Phi) is 4.14. The van der Waals surface area contributed by atoms with Crippen LogP contribution in [0.4, 0.5) is 0 Å². The number of pyridine rings is 1. The zero-order chi connectivity index (χ0) is 21.7. The van der Waals surface area contributed by atoms with Crippen LogP contribution in [0.5, 0.6) is 0 Å². The Hall–Kier alpha value is -4.27. The lowest BCUT2D eigenvalue weighted by Crippen LogP contribution is -2.02. The van der Waals surface area contributed by atoms with Crippen molar-refractivity contribution in [2.75, 3.05) is 0 Å². The summed E-state index contributed by atoms with van der Waals surface area (Å²) >= 11 is 0. The monoisotopic (exact) mass is 426 g/mol. The molecular weight excluding hydrogens is 408 g/mol. The smallest absolute Gasteiger partial charge is 0.304 e. The fourth-order valence-corrected chi connectivity index (χ4v) is 4.38. The molecule has 5 heterocycles. The molecule has 0 fully saturated rings. The van der Waals surface area contributed by atoms with Crippen molar-refractivity contribution < 1.29 is 14.4 Å². The first-order chi connectivity index (χ1) is 15.7. The van der Waals surface area contributed by atoms with Crippen molar-refractivity contribution in [2.24, 2.45) is 0 Å². The molecule has 32 heavy (non-hydrogen) atoms. The minimum atomic E-state index is -0.763. The van der Waals surface area contributed by atoms with Crippen LogP contribution < -0.4 is 0 Å². The lowest BCUT2D eigenvalue weighted by molar-refractivity contribution is -0.137. The number of nitrogens with zero attached hydrogens (tertiary/aromatic N) is 6. The van der Waals surface area contributed by atoms with E-state index >= 15 is 0 Å². The van der Waals surface area contributed by atoms with E-state index in [1.54, 1.807) is 17.1 Å². The van der Waals surface area contributed by atoms with E-state index in [9.17, 15) is 9.90 Å². The molecule has 1 N–H and O–H groups in total. The largest absolute Gasteiger partial charge is 0.481 e. The topological polar surface area (TPSA) is 112 Å². The molecule has 0 bridgehead atoms. The molecule has 1 aliphatic rings. The predicted octanol–water partition coefficient (Wildman–Crippen LogP) is 3.90. The van der Waals surface area contributed by atoms with Gasteiger partial charge in [0.25, 0.3) is 5.89 Å². The van der Waals surface area contributed by atoms with Crippen LogP contribution in [-0.2, 0) is 11.3 Å². The molecule has 1 aromatic carbocycles. The second-order valence-electron chi connectivity index (χ2n) is 7.86. The molecule has 0 amide bonds. The van der Waals surface area contributed by atoms with Crippen molar-refractivity contribution in [2.45, 2.75) is 25.3 Å². The maximum atomic E-state index is 11.2. The van der Waals surface area contributed by atoms with Crippen molar-refractivity contribution in [1.82, 2.24) is 29.5 Å². The maximum absolute atomic E-state index is 11.2. The molecule has 0 aliphatic carbocycles. The third kappa shape index (κ3) is 3.06. The van der Waals surface area contributed by atoms with Gasteiger partial charge in [0.05, 0.1) is 12.0 Å². The summed E-state index contributed by atoms with van der Waals surface area (Å²) in [4.78, 5) is 20.1. The van der Waals surface area contributed by atoms with Crippen LogP contribution in [0.2, 0.25) is 0 Å². The Labute approximate surface area is 181 Å². The molecule has 0 radical (unpaired) electrons. The standard InChI is InChI=1S/C23H18N6O3/c30-21(31)12-14-6-9-28-18-4-2-15(10-17(18)11-19(14)28)22-26-23(32-27-22)16-3-5-20(24-13-16)29-8-1-7-25-29/h1-5,7-8,10-11,13-14H,6,9,12H2,(H,30,31). The minimum Gasteiger partial charge on any atom is -0.481 e. The van der Waals surface area contributed by atoms with Crippen LogP contribution in [0, 0.1) is 0 Å². The third-order valence-electron chi connectivity index (χ3n) is 5.89. The summed E-state index contributed by atoms with van der Waals surface area (Å²) < 4.78 is 9.36. The highest BCUT2D eigenvalue weighted by Gasteiger charge is 2.27. The first kappa shape index (κ1) is 18.5. The van der Waals surface area contributed by atoms with Crippen LogP contribution >= 0.6 is 0 Å². The molecule has 6 rings (SSSR count). The van der Waals surface area contributed by atoms with Gasteiger partial charge in [0, 0.05) is 53.2 Å². The number of hydrogen-bond donors (Lipinski definition) is 1. The Morgan fingerprint density at radius 2 is 2.09 bits per heavy atom. The van der Waals surface area contributed by atoms with Gasteiger partial charge in [-0.3, -0.25) is 4.79 Å². The average Bonchev–Trinajstić information content (AvgIpc) is 3.58. The van der Waals surface area contributed by atoms with Crippen molar-refractivity contribution in [3.8, 4) is 28.7 Å². The SMILES string of the molecule is O=C(O)CC1CCn2c1cc1cc(-c3noc(-c4ccc(-n5cccn5)nc4)n3)ccc12. The molecule has 5 aromatic rings. The van der Waals surface area contributed by atoms with Gasteiger partial charge in [-0.05, 0) is 48.9 Å². The molecule has 1 atom stereocenters. The number of fused-ring (bicyclic) bond motifs is 3. The van der Waals surface area contributed by atoms with Gasteiger partial charge < -0.3 is 14.2 Å². The van der Waals surface area contributed by atoms with Crippen molar-refractivity contribution >= 4 is 16.9 Å². The van der Waals surface area contributed by atoms with E-state index < -0.39 is 5.97 Å². The van der Waals surface area contributed by atoms with Gasteiger partial charge in [-0.1, -0.05) is 5.16 Å². The third-order valence-corrected chi connectivity index (χ3v) is 5.89. The predicted molar refractivity (Wildman–Crippen MR) is 115 cm³/mol. The highest BCUT2D eigenvalue weighted by molar-refractivity contribution is 5.86. The van der Waals surface area contributed by atoms with E-state index in [0.717, 1.165) is 40.7 Å². The van der Waals surface area contributed by atoms with Crippen molar-refractivity contribution in [1.29, 1.82) is 0 Å². The number of aromatic nitrogens is 6. The van der Waals surface area contributed by atoms with Crippen LogP contribution in [-0.4, -0.2) is 40.5 Å². The maximum Gasteiger partial charge on any atom is 0.304 e. The zero-order valence-electron chi connectivity index (χ0n) is 16.9. The minimum absolute atomic E-state index is 0.0531. The molecule has 9 heteroatoms. The quantitative estimate of drug-likeness (QED) is 0.453. The summed E-state index contributed by atoms with van der Waals surface area (Å²) in [5.41, 5.74) is 3.74. The summed E-state index contributed by atoms with van der Waals surface area (Å²) in [5.74, 6) is 0.872. The van der Waals surface area contributed by atoms with Gasteiger partial charge in [0.1, 0.15) is 0 Å². The van der Waals surface area contributed by atoms with E-state index in [0.29, 0.717) is 17.5 Å². The Morgan fingerprint density at radius 3 is 2.88 bits per heavy atom. The molecule has 158 valence electrons. The molecule has 0 saturated heterocycles. The second kappa shape index (κ2) is 7.16. The summed E-state index contributed by atoms with van der Waals surface area (Å²) in [6, 6.07) is 13.6. The molecule has 0 saturated carbocycles. The molecule has 0 spiro atoms. The fraction of sp³-hybridized carbons (Fsp3) is 0.174. The molecule has 4 aromatic heterocycles. The highest BCUT2D eigenvalue weighted by Crippen LogP contribution is 2.37. The van der Waals surface area contributed by atoms with Crippen LogP contribution in [0.15, 0.2) is 65.6 Å². The lowest BCUT2D eigenvalue weighted by Gasteiger charge is -2.04. The Bertz CT molecular complexity index is 1430. The van der Waals surface area contributed by atoms with Crippen molar-refractivity contribution in [3.63, 3.8) is 0 Å². The van der Waals surface area contributed by atoms with E-state index in [1.807, 2.05) is 42.6 Å². The number of rotatable bonds is 5. The van der Waals surface area contributed by atoms with Gasteiger partial charge in [-0.25, -0.2) is 9.67 Å². The number of carboxylic acid groups (broad SMARTS) is 1. The summed E-state index contributed by atoms with van der Waals surface area (Å²) in [6.07, 6.45) is 6.22. The summed E-state index contributed by atoms with van der Waals surface area (Å²) in [5, 5.41) is 18.5. The number of carbonyl (C=O) groups is 1. The number of carboxylic acids is 1. The Morgan fingerprint density at radius 1 is 1.19 bits per heavy atom. The van der Waals surface area contributed by atoms with Gasteiger partial charge >= 0.3 is 5.97 Å². The van der Waals surface area contributed by atoms with Gasteiger partial charge in [-0.2, -0.15) is 10.1 Å². The normalized spacial score (nSPS) is 15.3. The van der Waals surface area contributed by atoms with Crippen LogP contribution in [0.3, 0.4) is 0 Å². The molecule has 9 nitrogen and oxygen atoms in total. The first-order valence-electron chi connectivity index (χ1n) is 10.3. The number of benzene rings is 1. The van der Waals surface area contributed by atoms with Crippen LogP contribution in [0.25, 0.3) is 39.6 Å². The summed E-state index contributed by atoms with van der Waals surface area (Å²) in [7, 11) is 0. The average molecular weight is 426 g/mol. The van der Waals surface area contributed by atoms with Gasteiger partial charge in [0.2, 0.25) is 5.82 Å². The lowest BCUT2D eigenvalue weighted by atomic mass is 10.0. The highest BCUT2D eigenvalue weighted by atomic mass is 16.5. The Balaban J connectivity index is 1.29. The van der Waals surface area contributed by atoms with Gasteiger partial charge in [0.15, 0.2) is 5.82 Å². The van der Waals surface area contributed by atoms with E-state index in [1.165, 1.54) is 0 Å².